The molecule has 1 saturated heterocycles. The second kappa shape index (κ2) is 12.4. The molecule has 0 aliphatic carbocycles. The van der Waals surface area contributed by atoms with Gasteiger partial charge in [-0.3, -0.25) is 9.79 Å². The van der Waals surface area contributed by atoms with Crippen molar-refractivity contribution in [3.05, 3.63) is 36.4 Å². The average Bonchev–Trinajstić information content (AvgIpc) is 2.85. The van der Waals surface area contributed by atoms with Crippen molar-refractivity contribution in [3.8, 4) is 0 Å². The number of likely N-dealkylation sites (tertiary alicyclic amines) is 1. The van der Waals surface area contributed by atoms with Gasteiger partial charge in [-0.2, -0.15) is 4.72 Å². The van der Waals surface area contributed by atoms with Gasteiger partial charge in [0.15, 0.2) is 5.96 Å². The lowest BCUT2D eigenvalue weighted by Crippen LogP contribution is -2.50. The second-order valence-electron chi connectivity index (χ2n) is 9.70. The molecular formula is C26H40N6O3S. The van der Waals surface area contributed by atoms with Gasteiger partial charge in [0.25, 0.3) is 0 Å². The molecule has 198 valence electrons. The Balaban J connectivity index is 1.86. The summed E-state index contributed by atoms with van der Waals surface area (Å²) < 4.78 is 30.0. The van der Waals surface area contributed by atoms with Gasteiger partial charge >= 0.3 is 0 Å². The predicted octanol–water partition coefficient (Wildman–Crippen LogP) is 2.65. The van der Waals surface area contributed by atoms with E-state index in [2.05, 4.69) is 16.6 Å². The summed E-state index contributed by atoms with van der Waals surface area (Å²) in [6.07, 6.45) is 4.97. The molecule has 1 atom stereocenters. The number of fused-ring (bicyclic) bond motifs is 1. The molecule has 0 spiro atoms. The molecule has 1 aliphatic rings. The molecule has 0 bridgehead atoms. The fourth-order valence-corrected chi connectivity index (χ4v) is 6.39. The summed E-state index contributed by atoms with van der Waals surface area (Å²) in [5.74, 6) is 0.411. The Bertz CT molecular complexity index is 1170. The molecule has 1 aliphatic heterocycles. The number of carbonyl (C=O) groups excluding carboxylic acids is 1. The number of benzene rings is 2. The minimum Gasteiger partial charge on any atom is -0.377 e. The Hall–Kier alpha value is -2.85. The van der Waals surface area contributed by atoms with Crippen LogP contribution in [0.4, 0.5) is 5.69 Å². The quantitative estimate of drug-likeness (QED) is 0.239. The summed E-state index contributed by atoms with van der Waals surface area (Å²) in [6, 6.07) is 9.92. The number of amides is 1. The second-order valence-corrected chi connectivity index (χ2v) is 11.4. The predicted molar refractivity (Wildman–Crippen MR) is 147 cm³/mol. The molecular weight excluding hydrogens is 476 g/mol. The van der Waals surface area contributed by atoms with Crippen LogP contribution >= 0.6 is 0 Å². The topological polar surface area (TPSA) is 134 Å². The molecule has 2 aromatic carbocycles. The normalized spacial score (nSPS) is 15.6. The van der Waals surface area contributed by atoms with E-state index in [-0.39, 0.29) is 16.8 Å². The van der Waals surface area contributed by atoms with Crippen LogP contribution in [0.2, 0.25) is 0 Å². The van der Waals surface area contributed by atoms with Gasteiger partial charge < -0.3 is 21.3 Å². The highest BCUT2D eigenvalue weighted by Crippen LogP contribution is 2.30. The zero-order valence-corrected chi connectivity index (χ0v) is 22.4. The molecule has 0 aromatic heterocycles. The van der Waals surface area contributed by atoms with Crippen LogP contribution in [0.15, 0.2) is 46.3 Å². The Morgan fingerprint density at radius 3 is 2.44 bits per heavy atom. The smallest absolute Gasteiger partial charge is 0.241 e. The monoisotopic (exact) mass is 516 g/mol. The zero-order valence-electron chi connectivity index (χ0n) is 21.6. The van der Waals surface area contributed by atoms with E-state index in [1.807, 2.05) is 37.2 Å². The van der Waals surface area contributed by atoms with Crippen molar-refractivity contribution >= 4 is 38.3 Å². The van der Waals surface area contributed by atoms with E-state index in [9.17, 15) is 13.2 Å². The molecule has 5 N–H and O–H groups in total. The van der Waals surface area contributed by atoms with Crippen molar-refractivity contribution in [3.63, 3.8) is 0 Å². The van der Waals surface area contributed by atoms with Crippen LogP contribution in [-0.4, -0.2) is 65.0 Å². The minimum absolute atomic E-state index is 0.0242. The van der Waals surface area contributed by atoms with Crippen LogP contribution < -0.4 is 21.1 Å². The van der Waals surface area contributed by atoms with Crippen LogP contribution in [0.5, 0.6) is 0 Å². The molecule has 2 aromatic rings. The van der Waals surface area contributed by atoms with E-state index in [1.165, 1.54) is 0 Å². The number of nitrogens with one attached hydrogen (secondary N) is 1. The highest BCUT2D eigenvalue weighted by atomic mass is 32.2. The summed E-state index contributed by atoms with van der Waals surface area (Å²) in [7, 11) is -0.147. The SMILES string of the molecule is CCCC1CCN(C(=O)[C@H](CCCN=C(N)N)NS(=O)(=O)c2cccc3c(N(C)C)cccc23)CC1. The van der Waals surface area contributed by atoms with E-state index >= 15 is 0 Å². The van der Waals surface area contributed by atoms with Gasteiger partial charge in [-0.25, -0.2) is 8.42 Å². The summed E-state index contributed by atoms with van der Waals surface area (Å²) >= 11 is 0. The Labute approximate surface area is 215 Å². The lowest BCUT2D eigenvalue weighted by atomic mass is 9.92. The average molecular weight is 517 g/mol. The number of anilines is 1. The number of nitrogens with two attached hydrogens (primary N) is 2. The van der Waals surface area contributed by atoms with Crippen molar-refractivity contribution < 1.29 is 13.2 Å². The number of piperidine rings is 1. The molecule has 0 saturated carbocycles. The number of guanidine groups is 1. The Morgan fingerprint density at radius 1 is 1.14 bits per heavy atom. The molecule has 0 unspecified atom stereocenters. The highest BCUT2D eigenvalue weighted by Gasteiger charge is 2.32. The van der Waals surface area contributed by atoms with Crippen molar-refractivity contribution in [1.82, 2.24) is 9.62 Å². The van der Waals surface area contributed by atoms with Gasteiger partial charge in [0.2, 0.25) is 15.9 Å². The lowest BCUT2D eigenvalue weighted by Gasteiger charge is -2.34. The van der Waals surface area contributed by atoms with Crippen LogP contribution in [-0.2, 0) is 14.8 Å². The number of sulfonamides is 1. The molecule has 36 heavy (non-hydrogen) atoms. The summed E-state index contributed by atoms with van der Waals surface area (Å²) in [5, 5.41) is 1.45. The van der Waals surface area contributed by atoms with Crippen LogP contribution in [0.1, 0.15) is 45.4 Å². The van der Waals surface area contributed by atoms with Crippen molar-refractivity contribution in [1.29, 1.82) is 0 Å². The third-order valence-electron chi connectivity index (χ3n) is 6.79. The van der Waals surface area contributed by atoms with E-state index < -0.39 is 16.1 Å². The number of hydrogen-bond donors (Lipinski definition) is 3. The van der Waals surface area contributed by atoms with Crippen molar-refractivity contribution in [2.45, 2.75) is 56.4 Å². The number of nitrogens with zero attached hydrogens (tertiary/aromatic N) is 3. The van der Waals surface area contributed by atoms with E-state index in [1.54, 1.807) is 23.1 Å². The third kappa shape index (κ3) is 6.88. The van der Waals surface area contributed by atoms with Crippen LogP contribution in [0, 0.1) is 5.92 Å². The van der Waals surface area contributed by atoms with E-state index in [0.717, 1.165) is 36.8 Å². The van der Waals surface area contributed by atoms with Crippen LogP contribution in [0.25, 0.3) is 10.8 Å². The van der Waals surface area contributed by atoms with Gasteiger partial charge in [0, 0.05) is 50.2 Å². The molecule has 0 radical (unpaired) electrons. The number of aliphatic imine (C=N–C) groups is 1. The fourth-order valence-electron chi connectivity index (χ4n) is 4.95. The molecule has 9 nitrogen and oxygen atoms in total. The largest absolute Gasteiger partial charge is 0.377 e. The first-order valence-electron chi connectivity index (χ1n) is 12.7. The molecule has 3 rings (SSSR count). The third-order valence-corrected chi connectivity index (χ3v) is 8.32. The number of carbonyl (C=O) groups is 1. The summed E-state index contributed by atoms with van der Waals surface area (Å²) in [4.78, 5) is 21.4. The zero-order chi connectivity index (χ0) is 26.3. The Morgan fingerprint density at radius 2 is 1.81 bits per heavy atom. The maximum Gasteiger partial charge on any atom is 0.241 e. The van der Waals surface area contributed by atoms with Gasteiger partial charge in [-0.1, -0.05) is 44.0 Å². The first-order chi connectivity index (χ1) is 17.1. The molecule has 1 fully saturated rings. The van der Waals surface area contributed by atoms with Crippen LogP contribution in [0.3, 0.4) is 0 Å². The first kappa shape index (κ1) is 27.7. The minimum atomic E-state index is -3.99. The Kier molecular flexibility index (Phi) is 9.56. The lowest BCUT2D eigenvalue weighted by molar-refractivity contribution is -0.134. The van der Waals surface area contributed by atoms with Gasteiger partial charge in [-0.15, -0.1) is 0 Å². The molecule has 10 heteroatoms. The standard InChI is InChI=1S/C26H40N6O3S/c1-4-8-19-14-17-32(18-15-19)25(33)22(11-7-16-29-26(27)28)30-36(34,35)24-13-6-9-20-21(24)10-5-12-23(20)31(2)3/h5-6,9-10,12-13,19,22,30H,4,7-8,11,14-18H2,1-3H3,(H4,27,28,29)/t22-/m0/s1. The molecule has 1 amide bonds. The van der Waals surface area contributed by atoms with Gasteiger partial charge in [-0.05, 0) is 43.7 Å². The van der Waals surface area contributed by atoms with Crippen molar-refractivity contribution in [2.75, 3.05) is 38.6 Å². The maximum absolute atomic E-state index is 13.6. The number of hydrogen-bond acceptors (Lipinski definition) is 5. The highest BCUT2D eigenvalue weighted by molar-refractivity contribution is 7.89. The van der Waals surface area contributed by atoms with Gasteiger partial charge in [0.1, 0.15) is 6.04 Å². The van der Waals surface area contributed by atoms with E-state index in [4.69, 9.17) is 11.5 Å². The van der Waals surface area contributed by atoms with Gasteiger partial charge in [0.05, 0.1) is 4.90 Å². The van der Waals surface area contributed by atoms with E-state index in [0.29, 0.717) is 43.8 Å². The number of rotatable bonds is 11. The van der Waals surface area contributed by atoms with Crippen molar-refractivity contribution in [2.24, 2.45) is 22.4 Å². The summed E-state index contributed by atoms with van der Waals surface area (Å²) in [5.41, 5.74) is 11.8. The molecule has 1 heterocycles. The maximum atomic E-state index is 13.6. The summed E-state index contributed by atoms with van der Waals surface area (Å²) in [6.45, 7) is 3.80. The fraction of sp³-hybridized carbons (Fsp3) is 0.538. The first-order valence-corrected chi connectivity index (χ1v) is 14.2.